The van der Waals surface area contributed by atoms with Crippen molar-refractivity contribution in [2.45, 2.75) is 20.8 Å². The third-order valence-electron chi connectivity index (χ3n) is 5.49. The van der Waals surface area contributed by atoms with E-state index < -0.39 is 0 Å². The Morgan fingerprint density at radius 2 is 1.59 bits per heavy atom. The van der Waals surface area contributed by atoms with Crippen LogP contribution in [0.25, 0.3) is 16.7 Å². The molecule has 1 amide bonds. The minimum absolute atomic E-state index is 0.141. The monoisotopic (exact) mass is 426 g/mol. The Kier molecular flexibility index (Phi) is 6.03. The maximum Gasteiger partial charge on any atom is 0.272 e. The number of amides is 1. The van der Waals surface area contributed by atoms with Crippen LogP contribution in [0.5, 0.6) is 0 Å². The number of para-hydroxylation sites is 2. The van der Waals surface area contributed by atoms with Gasteiger partial charge in [-0.25, -0.2) is 4.98 Å². The third-order valence-corrected chi connectivity index (χ3v) is 5.49. The molecule has 4 aromatic rings. The zero-order valence-corrected chi connectivity index (χ0v) is 18.5. The van der Waals surface area contributed by atoms with Gasteiger partial charge in [0, 0.05) is 30.5 Å². The number of rotatable bonds is 6. The van der Waals surface area contributed by atoms with Crippen molar-refractivity contribution in [2.75, 3.05) is 18.4 Å². The van der Waals surface area contributed by atoms with Crippen molar-refractivity contribution in [3.05, 3.63) is 94.3 Å². The quantitative estimate of drug-likeness (QED) is 0.475. The molecule has 0 spiro atoms. The fraction of sp³-hybridized carbons (Fsp3) is 0.192. The van der Waals surface area contributed by atoms with Crippen molar-refractivity contribution >= 4 is 28.4 Å². The third kappa shape index (κ3) is 3.99. The maximum absolute atomic E-state index is 13.1. The first-order valence-electron chi connectivity index (χ1n) is 10.8. The fourth-order valence-electron chi connectivity index (χ4n) is 3.88. The van der Waals surface area contributed by atoms with E-state index in [1.807, 2.05) is 86.0 Å². The molecule has 6 nitrogen and oxygen atoms in total. The predicted molar refractivity (Wildman–Crippen MR) is 129 cm³/mol. The zero-order valence-electron chi connectivity index (χ0n) is 18.5. The molecule has 0 fully saturated rings. The summed E-state index contributed by atoms with van der Waals surface area (Å²) in [5, 5.41) is 3.85. The summed E-state index contributed by atoms with van der Waals surface area (Å²) in [5.74, 6) is 0.438. The van der Waals surface area contributed by atoms with E-state index in [0.717, 1.165) is 16.9 Å². The van der Waals surface area contributed by atoms with Crippen molar-refractivity contribution in [3.63, 3.8) is 0 Å². The van der Waals surface area contributed by atoms with Gasteiger partial charge in [0.15, 0.2) is 11.1 Å². The smallest absolute Gasteiger partial charge is 0.272 e. The van der Waals surface area contributed by atoms with Crippen LogP contribution in [-0.4, -0.2) is 33.4 Å². The largest absolute Gasteiger partial charge is 0.341 e. The van der Waals surface area contributed by atoms with Crippen molar-refractivity contribution < 1.29 is 4.79 Å². The molecule has 6 heteroatoms. The second-order valence-electron chi connectivity index (χ2n) is 7.56. The normalized spacial score (nSPS) is 10.8. The first kappa shape index (κ1) is 21.3. The molecule has 162 valence electrons. The van der Waals surface area contributed by atoms with Crippen LogP contribution in [0.1, 0.15) is 29.9 Å². The lowest BCUT2D eigenvalue weighted by Gasteiger charge is -2.21. The van der Waals surface area contributed by atoms with Gasteiger partial charge >= 0.3 is 0 Å². The van der Waals surface area contributed by atoms with E-state index in [-0.39, 0.29) is 11.3 Å². The Hall–Kier alpha value is -3.93. The predicted octanol–water partition coefficient (Wildman–Crippen LogP) is 4.92. The highest BCUT2D eigenvalue weighted by Gasteiger charge is 2.20. The second-order valence-corrected chi connectivity index (χ2v) is 7.56. The van der Waals surface area contributed by atoms with Crippen LogP contribution >= 0.6 is 0 Å². The van der Waals surface area contributed by atoms with Gasteiger partial charge in [0.25, 0.3) is 5.91 Å². The topological polar surface area (TPSA) is 67.2 Å². The van der Waals surface area contributed by atoms with Crippen LogP contribution in [0.2, 0.25) is 0 Å². The van der Waals surface area contributed by atoms with E-state index in [9.17, 15) is 9.59 Å². The van der Waals surface area contributed by atoms with Gasteiger partial charge in [-0.05, 0) is 56.7 Å². The van der Waals surface area contributed by atoms with Gasteiger partial charge in [0.1, 0.15) is 11.5 Å². The van der Waals surface area contributed by atoms with E-state index in [2.05, 4.69) is 5.32 Å². The summed E-state index contributed by atoms with van der Waals surface area (Å²) in [5.41, 5.74) is 3.07. The van der Waals surface area contributed by atoms with Crippen LogP contribution in [-0.2, 0) is 0 Å². The Morgan fingerprint density at radius 1 is 0.969 bits per heavy atom. The van der Waals surface area contributed by atoms with E-state index in [1.54, 1.807) is 17.0 Å². The number of hydrogen-bond donors (Lipinski definition) is 1. The van der Waals surface area contributed by atoms with E-state index >= 15 is 0 Å². The Bertz CT molecular complexity index is 1310. The average molecular weight is 427 g/mol. The van der Waals surface area contributed by atoms with Crippen molar-refractivity contribution in [1.29, 1.82) is 0 Å². The lowest BCUT2D eigenvalue weighted by molar-refractivity contribution is 0.0767. The van der Waals surface area contributed by atoms with Crippen LogP contribution in [0.15, 0.2) is 77.6 Å². The highest BCUT2D eigenvalue weighted by molar-refractivity contribution is 5.96. The molecule has 0 saturated heterocycles. The van der Waals surface area contributed by atoms with E-state index in [0.29, 0.717) is 35.6 Å². The second kappa shape index (κ2) is 9.06. The summed E-state index contributed by atoms with van der Waals surface area (Å²) in [6.07, 6.45) is 0. The molecular weight excluding hydrogens is 400 g/mol. The zero-order chi connectivity index (χ0) is 22.7. The van der Waals surface area contributed by atoms with Gasteiger partial charge in [0.2, 0.25) is 0 Å². The number of hydrogen-bond acceptors (Lipinski definition) is 4. The lowest BCUT2D eigenvalue weighted by atomic mass is 10.1. The van der Waals surface area contributed by atoms with Crippen molar-refractivity contribution in [2.24, 2.45) is 0 Å². The molecule has 0 unspecified atom stereocenters. The number of pyridine rings is 2. The molecule has 0 bridgehead atoms. The maximum atomic E-state index is 13.1. The highest BCUT2D eigenvalue weighted by atomic mass is 16.2. The molecule has 4 rings (SSSR count). The Labute approximate surface area is 187 Å². The van der Waals surface area contributed by atoms with Gasteiger partial charge < -0.3 is 10.2 Å². The summed E-state index contributed by atoms with van der Waals surface area (Å²) in [7, 11) is 0. The summed E-state index contributed by atoms with van der Waals surface area (Å²) in [6, 6.07) is 22.7. The minimum Gasteiger partial charge on any atom is -0.341 e. The van der Waals surface area contributed by atoms with Gasteiger partial charge in [-0.15, -0.1) is 0 Å². The van der Waals surface area contributed by atoms with Crippen LogP contribution < -0.4 is 10.7 Å². The lowest BCUT2D eigenvalue weighted by Crippen LogP contribution is -2.31. The number of carbonyl (C=O) groups is 1. The Balaban J connectivity index is 2.02. The summed E-state index contributed by atoms with van der Waals surface area (Å²) >= 11 is 0. The summed E-state index contributed by atoms with van der Waals surface area (Å²) in [6.45, 7) is 6.92. The molecule has 2 aromatic carbocycles. The first-order valence-corrected chi connectivity index (χ1v) is 10.8. The summed E-state index contributed by atoms with van der Waals surface area (Å²) < 4.78 is 1.90. The number of carbonyl (C=O) groups excluding carboxylic acids is 1. The molecule has 0 aliphatic carbocycles. The number of nitrogens with one attached hydrogen (secondary N) is 1. The molecule has 0 aliphatic rings. The molecule has 0 atom stereocenters. The van der Waals surface area contributed by atoms with Gasteiger partial charge in [0.05, 0.1) is 5.39 Å². The Morgan fingerprint density at radius 3 is 2.22 bits per heavy atom. The van der Waals surface area contributed by atoms with Gasteiger partial charge in [-0.1, -0.05) is 36.4 Å². The first-order chi connectivity index (χ1) is 15.5. The number of aromatic nitrogens is 2. The van der Waals surface area contributed by atoms with E-state index in [1.165, 1.54) is 0 Å². The molecular formula is C26H26N4O2. The number of anilines is 2. The molecule has 32 heavy (non-hydrogen) atoms. The van der Waals surface area contributed by atoms with Gasteiger partial charge in [-0.3, -0.25) is 14.2 Å². The molecule has 2 aromatic heterocycles. The molecule has 1 N–H and O–H groups in total. The fourth-order valence-corrected chi connectivity index (χ4v) is 3.88. The van der Waals surface area contributed by atoms with Crippen LogP contribution in [0, 0.1) is 6.92 Å². The standard InChI is InChI=1S/C26H26N4O2/c1-4-29(5-2)26(32)21-16-18(3)24-22(31)17-23(27-19-12-8-6-9-13-19)30(25(24)28-21)20-14-10-7-11-15-20/h6-17,27H,4-5H2,1-3H3. The average Bonchev–Trinajstić information content (AvgIpc) is 2.80. The van der Waals surface area contributed by atoms with Gasteiger partial charge in [-0.2, -0.15) is 0 Å². The van der Waals surface area contributed by atoms with Crippen LogP contribution in [0.4, 0.5) is 11.5 Å². The van der Waals surface area contributed by atoms with Crippen LogP contribution in [0.3, 0.4) is 0 Å². The molecule has 2 heterocycles. The number of fused-ring (bicyclic) bond motifs is 1. The number of nitrogens with zero attached hydrogens (tertiary/aromatic N) is 3. The van der Waals surface area contributed by atoms with Crippen molar-refractivity contribution in [1.82, 2.24) is 14.5 Å². The number of benzene rings is 2. The summed E-state index contributed by atoms with van der Waals surface area (Å²) in [4.78, 5) is 32.7. The molecule has 0 saturated carbocycles. The van der Waals surface area contributed by atoms with Crippen molar-refractivity contribution in [3.8, 4) is 5.69 Å². The minimum atomic E-state index is -0.145. The molecule has 0 aliphatic heterocycles. The van der Waals surface area contributed by atoms with E-state index in [4.69, 9.17) is 4.98 Å². The highest BCUT2D eigenvalue weighted by Crippen LogP contribution is 2.26. The SMILES string of the molecule is CCN(CC)C(=O)c1cc(C)c2c(=O)cc(Nc3ccccc3)n(-c3ccccc3)c2n1. The molecule has 0 radical (unpaired) electrons. The number of aryl methyl sites for hydroxylation is 1.